The first-order valence-corrected chi connectivity index (χ1v) is 8.80. The molecule has 1 heterocycles. The molecule has 0 spiro atoms. The van der Waals surface area contributed by atoms with E-state index in [-0.39, 0.29) is 18.1 Å². The smallest absolute Gasteiger partial charge is 0.228 e. The molecule has 0 bridgehead atoms. The van der Waals surface area contributed by atoms with Gasteiger partial charge in [-0.2, -0.15) is 0 Å². The first kappa shape index (κ1) is 18.2. The molecule has 0 fully saturated rings. The standard InChI is InChI=1S/C21H21ClN2O2/c1-12-6-8-19-15(9-12)16(21(14(3)25)24(19)4)11-20(26)23-18-7-5-13(2)10-17(18)22/h5-10H,11H2,1-4H3,(H,23,26). The van der Waals surface area contributed by atoms with Crippen LogP contribution in [0.3, 0.4) is 0 Å². The number of nitrogens with zero attached hydrogens (tertiary/aromatic N) is 1. The molecule has 0 aliphatic heterocycles. The molecule has 0 radical (unpaired) electrons. The summed E-state index contributed by atoms with van der Waals surface area (Å²) in [7, 11) is 1.85. The molecule has 0 aliphatic rings. The van der Waals surface area contributed by atoms with Gasteiger partial charge in [0.15, 0.2) is 5.78 Å². The van der Waals surface area contributed by atoms with Crippen molar-refractivity contribution < 1.29 is 9.59 Å². The Morgan fingerprint density at radius 1 is 1.08 bits per heavy atom. The summed E-state index contributed by atoms with van der Waals surface area (Å²) in [4.78, 5) is 24.8. The second kappa shape index (κ2) is 6.96. The van der Waals surface area contributed by atoms with Gasteiger partial charge in [0, 0.05) is 24.9 Å². The maximum Gasteiger partial charge on any atom is 0.228 e. The van der Waals surface area contributed by atoms with Crippen LogP contribution >= 0.6 is 11.6 Å². The summed E-state index contributed by atoms with van der Waals surface area (Å²) in [5.41, 5.74) is 4.94. The summed E-state index contributed by atoms with van der Waals surface area (Å²) in [6.07, 6.45) is 0.111. The Morgan fingerprint density at radius 3 is 2.38 bits per heavy atom. The van der Waals surface area contributed by atoms with Crippen molar-refractivity contribution in [3.63, 3.8) is 0 Å². The number of nitrogens with one attached hydrogen (secondary N) is 1. The van der Waals surface area contributed by atoms with Crippen LogP contribution in [0.1, 0.15) is 34.1 Å². The van der Waals surface area contributed by atoms with E-state index in [4.69, 9.17) is 11.6 Å². The highest BCUT2D eigenvalue weighted by Gasteiger charge is 2.21. The van der Waals surface area contributed by atoms with Crippen LogP contribution < -0.4 is 5.32 Å². The second-order valence-electron chi connectivity index (χ2n) is 6.67. The van der Waals surface area contributed by atoms with Crippen LogP contribution in [0.25, 0.3) is 10.9 Å². The zero-order chi connectivity index (χ0) is 19.0. The van der Waals surface area contributed by atoms with Gasteiger partial charge >= 0.3 is 0 Å². The highest BCUT2D eigenvalue weighted by Crippen LogP contribution is 2.28. The van der Waals surface area contributed by atoms with Crippen LogP contribution in [0.2, 0.25) is 5.02 Å². The fraction of sp³-hybridized carbons (Fsp3) is 0.238. The molecule has 5 heteroatoms. The number of carbonyl (C=O) groups is 2. The highest BCUT2D eigenvalue weighted by molar-refractivity contribution is 6.33. The predicted octanol–water partition coefficient (Wildman–Crippen LogP) is 4.83. The van der Waals surface area contributed by atoms with E-state index >= 15 is 0 Å². The summed E-state index contributed by atoms with van der Waals surface area (Å²) in [5, 5.41) is 4.28. The van der Waals surface area contributed by atoms with Crippen LogP contribution in [0.4, 0.5) is 5.69 Å². The first-order valence-electron chi connectivity index (χ1n) is 8.42. The van der Waals surface area contributed by atoms with Crippen molar-refractivity contribution in [1.82, 2.24) is 4.57 Å². The minimum atomic E-state index is -0.202. The number of halogens is 1. The van der Waals surface area contributed by atoms with Crippen LogP contribution in [-0.4, -0.2) is 16.3 Å². The Balaban J connectivity index is 1.99. The number of carbonyl (C=O) groups excluding carboxylic acids is 2. The van der Waals surface area contributed by atoms with Crippen molar-refractivity contribution in [2.24, 2.45) is 7.05 Å². The van der Waals surface area contributed by atoms with E-state index in [9.17, 15) is 9.59 Å². The van der Waals surface area contributed by atoms with Crippen molar-refractivity contribution >= 4 is 39.9 Å². The molecule has 0 unspecified atom stereocenters. The monoisotopic (exact) mass is 368 g/mol. The van der Waals surface area contributed by atoms with E-state index in [1.54, 1.807) is 12.1 Å². The molecule has 0 saturated carbocycles. The Bertz CT molecular complexity index is 1030. The number of benzene rings is 2. The van der Waals surface area contributed by atoms with Gasteiger partial charge in [0.2, 0.25) is 5.91 Å². The van der Waals surface area contributed by atoms with E-state index < -0.39 is 0 Å². The van der Waals surface area contributed by atoms with Gasteiger partial charge in [-0.15, -0.1) is 0 Å². The molecule has 1 aromatic heterocycles. The summed E-state index contributed by atoms with van der Waals surface area (Å²) in [6.45, 7) is 5.46. The molecule has 0 saturated heterocycles. The Morgan fingerprint density at radius 2 is 1.73 bits per heavy atom. The van der Waals surface area contributed by atoms with Crippen molar-refractivity contribution in [2.45, 2.75) is 27.2 Å². The Hall–Kier alpha value is -2.59. The van der Waals surface area contributed by atoms with Gasteiger partial charge in [-0.05, 0) is 49.2 Å². The van der Waals surface area contributed by atoms with E-state index in [1.807, 2.05) is 49.7 Å². The van der Waals surface area contributed by atoms with Gasteiger partial charge in [0.25, 0.3) is 0 Å². The van der Waals surface area contributed by atoms with Gasteiger partial charge in [-0.1, -0.05) is 29.3 Å². The number of hydrogen-bond donors (Lipinski definition) is 1. The SMILES string of the molecule is CC(=O)c1c(CC(=O)Nc2ccc(C)cc2Cl)c2cc(C)ccc2n1C. The van der Waals surface area contributed by atoms with Crippen LogP contribution in [0.15, 0.2) is 36.4 Å². The predicted molar refractivity (Wildman–Crippen MR) is 106 cm³/mol. The first-order chi connectivity index (χ1) is 12.3. The minimum absolute atomic E-state index is 0.0579. The zero-order valence-electron chi connectivity index (χ0n) is 15.3. The lowest BCUT2D eigenvalue weighted by molar-refractivity contribution is -0.115. The lowest BCUT2D eigenvalue weighted by Gasteiger charge is -2.09. The number of fused-ring (bicyclic) bond motifs is 1. The highest BCUT2D eigenvalue weighted by atomic mass is 35.5. The van der Waals surface area contributed by atoms with Gasteiger partial charge in [0.1, 0.15) is 0 Å². The van der Waals surface area contributed by atoms with Crippen molar-refractivity contribution in [1.29, 1.82) is 0 Å². The van der Waals surface area contributed by atoms with E-state index in [0.717, 1.165) is 27.6 Å². The van der Waals surface area contributed by atoms with E-state index in [0.29, 0.717) is 16.4 Å². The number of aromatic nitrogens is 1. The van der Waals surface area contributed by atoms with E-state index in [2.05, 4.69) is 5.32 Å². The number of anilines is 1. The van der Waals surface area contributed by atoms with Crippen LogP contribution in [0.5, 0.6) is 0 Å². The molecule has 3 rings (SSSR count). The maximum absolute atomic E-state index is 12.6. The molecule has 134 valence electrons. The third-order valence-corrected chi connectivity index (χ3v) is 4.84. The third kappa shape index (κ3) is 3.37. The minimum Gasteiger partial charge on any atom is -0.341 e. The Labute approximate surface area is 157 Å². The molecule has 0 aliphatic carbocycles. The van der Waals surface area contributed by atoms with Gasteiger partial charge in [-0.25, -0.2) is 0 Å². The summed E-state index contributed by atoms with van der Waals surface area (Å²) in [5.74, 6) is -0.259. The molecule has 2 aromatic carbocycles. The fourth-order valence-corrected chi connectivity index (χ4v) is 3.62. The molecule has 4 nitrogen and oxygen atoms in total. The number of aryl methyl sites for hydroxylation is 3. The molecular formula is C21H21ClN2O2. The quantitative estimate of drug-likeness (QED) is 0.670. The average molecular weight is 369 g/mol. The average Bonchev–Trinajstić information content (AvgIpc) is 2.82. The number of Topliss-reactive ketones (excluding diaryl/α,β-unsaturated/α-hetero) is 1. The summed E-state index contributed by atoms with van der Waals surface area (Å²) >= 11 is 6.21. The normalized spacial score (nSPS) is 11.0. The topological polar surface area (TPSA) is 51.1 Å². The molecule has 0 atom stereocenters. The van der Waals surface area contributed by atoms with Crippen LogP contribution in [-0.2, 0) is 18.3 Å². The van der Waals surface area contributed by atoms with Crippen molar-refractivity contribution in [3.05, 3.63) is 63.8 Å². The number of amides is 1. The maximum atomic E-state index is 12.6. The van der Waals surface area contributed by atoms with Crippen LogP contribution in [0, 0.1) is 13.8 Å². The largest absolute Gasteiger partial charge is 0.341 e. The lowest BCUT2D eigenvalue weighted by atomic mass is 10.0. The zero-order valence-corrected chi connectivity index (χ0v) is 16.1. The Kier molecular flexibility index (Phi) is 4.88. The molecule has 1 N–H and O–H groups in total. The third-order valence-electron chi connectivity index (χ3n) is 4.53. The lowest BCUT2D eigenvalue weighted by Crippen LogP contribution is -2.16. The molecular weight excluding hydrogens is 348 g/mol. The molecule has 26 heavy (non-hydrogen) atoms. The summed E-state index contributed by atoms with van der Waals surface area (Å²) < 4.78 is 1.86. The van der Waals surface area contributed by atoms with Gasteiger partial charge < -0.3 is 9.88 Å². The van der Waals surface area contributed by atoms with Crippen molar-refractivity contribution in [3.8, 4) is 0 Å². The number of hydrogen-bond acceptors (Lipinski definition) is 2. The molecule has 1 amide bonds. The fourth-order valence-electron chi connectivity index (χ4n) is 3.34. The molecule has 3 aromatic rings. The van der Waals surface area contributed by atoms with E-state index in [1.165, 1.54) is 6.92 Å². The summed E-state index contributed by atoms with van der Waals surface area (Å²) in [6, 6.07) is 11.5. The van der Waals surface area contributed by atoms with Gasteiger partial charge in [-0.3, -0.25) is 9.59 Å². The number of rotatable bonds is 4. The second-order valence-corrected chi connectivity index (χ2v) is 7.08. The number of ketones is 1. The van der Waals surface area contributed by atoms with Crippen molar-refractivity contribution in [2.75, 3.05) is 5.32 Å². The van der Waals surface area contributed by atoms with Gasteiger partial charge in [0.05, 0.1) is 22.8 Å².